The van der Waals surface area contributed by atoms with E-state index in [1.165, 1.54) is 16.9 Å². The number of anilines is 2. The second kappa shape index (κ2) is 9.10. The van der Waals surface area contributed by atoms with Gasteiger partial charge in [-0.25, -0.2) is 9.97 Å². The van der Waals surface area contributed by atoms with Crippen molar-refractivity contribution in [2.75, 3.05) is 11.9 Å². The molecule has 26 heavy (non-hydrogen) atoms. The maximum Gasteiger partial charge on any atom is 0.226 e. The van der Waals surface area contributed by atoms with Gasteiger partial charge in [-0.05, 0) is 37.5 Å². The van der Waals surface area contributed by atoms with Gasteiger partial charge in [0, 0.05) is 17.6 Å². The van der Waals surface area contributed by atoms with Crippen LogP contribution in [0.1, 0.15) is 23.4 Å². The average molecular weight is 366 g/mol. The zero-order valence-corrected chi connectivity index (χ0v) is 15.6. The van der Waals surface area contributed by atoms with E-state index in [4.69, 9.17) is 0 Å². The van der Waals surface area contributed by atoms with Crippen LogP contribution < -0.4 is 10.6 Å². The first kappa shape index (κ1) is 18.1. The Morgan fingerprint density at radius 3 is 2.73 bits per heavy atom. The largest absolute Gasteiger partial charge is 0.356 e. The van der Waals surface area contributed by atoms with E-state index in [2.05, 4.69) is 32.7 Å². The van der Waals surface area contributed by atoms with Gasteiger partial charge in [0.1, 0.15) is 5.82 Å². The van der Waals surface area contributed by atoms with E-state index in [-0.39, 0.29) is 5.91 Å². The Morgan fingerprint density at radius 1 is 1.08 bits per heavy atom. The van der Waals surface area contributed by atoms with E-state index < -0.39 is 0 Å². The molecule has 3 aromatic rings. The van der Waals surface area contributed by atoms with Crippen molar-refractivity contribution in [2.45, 2.75) is 26.2 Å². The molecule has 0 spiro atoms. The molecule has 0 unspecified atom stereocenters. The molecule has 0 bridgehead atoms. The highest BCUT2D eigenvalue weighted by molar-refractivity contribution is 7.13. The van der Waals surface area contributed by atoms with Crippen molar-refractivity contribution in [1.29, 1.82) is 0 Å². The van der Waals surface area contributed by atoms with Gasteiger partial charge >= 0.3 is 0 Å². The lowest BCUT2D eigenvalue weighted by Crippen LogP contribution is -2.26. The van der Waals surface area contributed by atoms with E-state index in [1.54, 1.807) is 0 Å². The fourth-order valence-corrected chi connectivity index (χ4v) is 3.28. The van der Waals surface area contributed by atoms with Gasteiger partial charge in [-0.1, -0.05) is 36.4 Å². The van der Waals surface area contributed by atoms with E-state index in [1.807, 2.05) is 48.7 Å². The van der Waals surface area contributed by atoms with Crippen LogP contribution in [-0.4, -0.2) is 22.4 Å². The Bertz CT molecular complexity index is 848. The minimum atomic E-state index is 0.00333. The molecule has 0 aliphatic heterocycles. The van der Waals surface area contributed by atoms with Crippen LogP contribution in [0.15, 0.2) is 53.9 Å². The van der Waals surface area contributed by atoms with Gasteiger partial charge in [0.2, 0.25) is 5.91 Å². The fraction of sp³-hybridized carbons (Fsp3) is 0.250. The van der Waals surface area contributed by atoms with Gasteiger partial charge in [-0.3, -0.25) is 4.79 Å². The monoisotopic (exact) mass is 366 g/mol. The Hall–Kier alpha value is -2.73. The van der Waals surface area contributed by atoms with Crippen LogP contribution in [0.3, 0.4) is 0 Å². The number of hydrogen-bond donors (Lipinski definition) is 2. The number of amides is 1. The number of aromatic nitrogens is 2. The van der Waals surface area contributed by atoms with Gasteiger partial charge in [-0.2, -0.15) is 0 Å². The van der Waals surface area contributed by atoms with E-state index >= 15 is 0 Å². The molecule has 0 saturated carbocycles. The molecule has 2 heterocycles. The lowest BCUT2D eigenvalue weighted by atomic mass is 10.1. The number of rotatable bonds is 8. The summed E-state index contributed by atoms with van der Waals surface area (Å²) in [7, 11) is 0. The molecule has 0 atom stereocenters. The standard InChI is InChI=1S/C20H22N4OS/c1-15-7-5-11-18(22-15)24-20-23-17(14-26-20)13-19(25)21-12-6-10-16-8-3-2-4-9-16/h2-5,7-9,11,14H,6,10,12-13H2,1H3,(H,21,25)(H,22,23,24). The maximum absolute atomic E-state index is 12.1. The molecule has 0 fully saturated rings. The molecule has 0 aliphatic carbocycles. The Kier molecular flexibility index (Phi) is 6.33. The second-order valence-electron chi connectivity index (χ2n) is 6.05. The number of benzene rings is 1. The normalized spacial score (nSPS) is 10.5. The predicted octanol–water partition coefficient (Wildman–Crippen LogP) is 3.88. The Balaban J connectivity index is 1.41. The molecule has 6 heteroatoms. The van der Waals surface area contributed by atoms with Gasteiger partial charge in [0.05, 0.1) is 12.1 Å². The fourth-order valence-electron chi connectivity index (χ4n) is 2.56. The summed E-state index contributed by atoms with van der Waals surface area (Å²) in [4.78, 5) is 20.9. The molecule has 134 valence electrons. The van der Waals surface area contributed by atoms with Crippen molar-refractivity contribution in [3.05, 3.63) is 70.9 Å². The van der Waals surface area contributed by atoms with Crippen molar-refractivity contribution in [3.63, 3.8) is 0 Å². The molecule has 3 rings (SSSR count). The summed E-state index contributed by atoms with van der Waals surface area (Å²) in [6, 6.07) is 16.1. The first-order valence-corrected chi connectivity index (χ1v) is 9.53. The minimum Gasteiger partial charge on any atom is -0.356 e. The molecule has 0 aliphatic rings. The van der Waals surface area contributed by atoms with Crippen LogP contribution >= 0.6 is 11.3 Å². The summed E-state index contributed by atoms with van der Waals surface area (Å²) in [5.74, 6) is 0.764. The molecule has 2 aromatic heterocycles. The van der Waals surface area contributed by atoms with Crippen LogP contribution in [0.2, 0.25) is 0 Å². The Labute approximate surface area is 157 Å². The average Bonchev–Trinajstić information content (AvgIpc) is 3.06. The number of carbonyl (C=O) groups is 1. The van der Waals surface area contributed by atoms with Crippen molar-refractivity contribution < 1.29 is 4.79 Å². The highest BCUT2D eigenvalue weighted by atomic mass is 32.1. The van der Waals surface area contributed by atoms with Gasteiger partial charge in [-0.15, -0.1) is 11.3 Å². The first-order chi connectivity index (χ1) is 12.7. The van der Waals surface area contributed by atoms with E-state index in [0.717, 1.165) is 35.2 Å². The molecule has 1 amide bonds. The lowest BCUT2D eigenvalue weighted by Gasteiger charge is -2.04. The molecular weight excluding hydrogens is 344 g/mol. The second-order valence-corrected chi connectivity index (χ2v) is 6.91. The van der Waals surface area contributed by atoms with Crippen LogP contribution in [0, 0.1) is 6.92 Å². The van der Waals surface area contributed by atoms with Crippen LogP contribution in [-0.2, 0) is 17.6 Å². The summed E-state index contributed by atoms with van der Waals surface area (Å²) in [5.41, 5.74) is 3.01. The third-order valence-corrected chi connectivity index (χ3v) is 4.63. The number of thiazole rings is 1. The molecule has 1 aromatic carbocycles. The van der Waals surface area contributed by atoms with Gasteiger partial charge in [0.15, 0.2) is 5.13 Å². The number of nitrogens with zero attached hydrogens (tertiary/aromatic N) is 2. The maximum atomic E-state index is 12.1. The topological polar surface area (TPSA) is 66.9 Å². The zero-order valence-electron chi connectivity index (χ0n) is 14.7. The molecular formula is C20H22N4OS. The van der Waals surface area contributed by atoms with Crippen molar-refractivity contribution in [2.24, 2.45) is 0 Å². The molecule has 0 radical (unpaired) electrons. The van der Waals surface area contributed by atoms with Gasteiger partial charge < -0.3 is 10.6 Å². The summed E-state index contributed by atoms with van der Waals surface area (Å²) in [6.07, 6.45) is 2.19. The number of pyridine rings is 1. The lowest BCUT2D eigenvalue weighted by molar-refractivity contribution is -0.120. The van der Waals surface area contributed by atoms with Gasteiger partial charge in [0.25, 0.3) is 0 Å². The zero-order chi connectivity index (χ0) is 18.2. The number of aryl methyl sites for hydroxylation is 2. The van der Waals surface area contributed by atoms with Crippen molar-refractivity contribution in [3.8, 4) is 0 Å². The van der Waals surface area contributed by atoms with Crippen LogP contribution in [0.25, 0.3) is 0 Å². The van der Waals surface area contributed by atoms with E-state index in [0.29, 0.717) is 13.0 Å². The van der Waals surface area contributed by atoms with Crippen LogP contribution in [0.5, 0.6) is 0 Å². The summed E-state index contributed by atoms with van der Waals surface area (Å²) in [5, 5.41) is 8.78. The number of nitrogens with one attached hydrogen (secondary N) is 2. The highest BCUT2D eigenvalue weighted by Crippen LogP contribution is 2.20. The Morgan fingerprint density at radius 2 is 1.92 bits per heavy atom. The smallest absolute Gasteiger partial charge is 0.226 e. The number of hydrogen-bond acceptors (Lipinski definition) is 5. The summed E-state index contributed by atoms with van der Waals surface area (Å²) >= 11 is 1.48. The van der Waals surface area contributed by atoms with Crippen molar-refractivity contribution in [1.82, 2.24) is 15.3 Å². The number of carbonyl (C=O) groups excluding carboxylic acids is 1. The minimum absolute atomic E-state index is 0.00333. The van der Waals surface area contributed by atoms with Crippen LogP contribution in [0.4, 0.5) is 10.9 Å². The third-order valence-electron chi connectivity index (χ3n) is 3.82. The SMILES string of the molecule is Cc1cccc(Nc2nc(CC(=O)NCCCc3ccccc3)cs2)n1. The highest BCUT2D eigenvalue weighted by Gasteiger charge is 2.08. The van der Waals surface area contributed by atoms with E-state index in [9.17, 15) is 4.79 Å². The van der Waals surface area contributed by atoms with Crippen molar-refractivity contribution >= 4 is 28.2 Å². The molecule has 5 nitrogen and oxygen atoms in total. The predicted molar refractivity (Wildman–Crippen MR) is 106 cm³/mol. The molecule has 2 N–H and O–H groups in total. The third kappa shape index (κ3) is 5.67. The summed E-state index contributed by atoms with van der Waals surface area (Å²) < 4.78 is 0. The first-order valence-electron chi connectivity index (χ1n) is 8.65. The molecule has 0 saturated heterocycles. The summed E-state index contributed by atoms with van der Waals surface area (Å²) in [6.45, 7) is 2.62. The quantitative estimate of drug-likeness (QED) is 0.594.